The third-order valence-electron chi connectivity index (χ3n) is 2.86. The lowest BCUT2D eigenvalue weighted by Crippen LogP contribution is -2.36. The number of rotatable bonds is 5. The molecule has 0 spiro atoms. The number of aromatic nitrogens is 2. The van der Waals surface area contributed by atoms with Crippen molar-refractivity contribution in [2.24, 2.45) is 5.84 Å². The molecule has 0 aliphatic carbocycles. The summed E-state index contributed by atoms with van der Waals surface area (Å²) in [7, 11) is 0. The third-order valence-corrected chi connectivity index (χ3v) is 2.86. The molecular formula is C17H22N6O6. The molecule has 7 N–H and O–H groups in total. The first-order valence-electron chi connectivity index (χ1n) is 8.12. The number of nitrogens with one attached hydrogen (secondary N) is 3. The van der Waals surface area contributed by atoms with E-state index in [4.69, 9.17) is 20.8 Å². The van der Waals surface area contributed by atoms with E-state index < -0.39 is 23.6 Å². The van der Waals surface area contributed by atoms with Crippen molar-refractivity contribution in [1.82, 2.24) is 15.4 Å². The van der Waals surface area contributed by atoms with Gasteiger partial charge < -0.3 is 20.4 Å². The summed E-state index contributed by atoms with van der Waals surface area (Å²) < 4.78 is 4.99. The van der Waals surface area contributed by atoms with Crippen LogP contribution in [0.3, 0.4) is 0 Å². The first-order chi connectivity index (χ1) is 13.5. The average Bonchev–Trinajstić information content (AvgIpc) is 2.66. The van der Waals surface area contributed by atoms with Gasteiger partial charge >= 0.3 is 18.0 Å². The van der Waals surface area contributed by atoms with Crippen LogP contribution >= 0.6 is 0 Å². The molecule has 0 aliphatic heterocycles. The number of nitrogen functional groups attached to an aromatic ring is 1. The first-order valence-corrected chi connectivity index (χ1v) is 8.12. The van der Waals surface area contributed by atoms with Crippen LogP contribution in [0.5, 0.6) is 0 Å². The van der Waals surface area contributed by atoms with Gasteiger partial charge in [0.2, 0.25) is 0 Å². The van der Waals surface area contributed by atoms with Gasteiger partial charge in [-0.1, -0.05) is 0 Å². The highest BCUT2D eigenvalue weighted by Gasteiger charge is 2.15. The Kier molecular flexibility index (Phi) is 8.30. The van der Waals surface area contributed by atoms with Crippen LogP contribution < -0.4 is 22.1 Å². The van der Waals surface area contributed by atoms with Gasteiger partial charge in [0.15, 0.2) is 0 Å². The topological polar surface area (TPSA) is 189 Å². The number of amides is 1. The zero-order valence-electron chi connectivity index (χ0n) is 16.0. The predicted molar refractivity (Wildman–Crippen MR) is 103 cm³/mol. The van der Waals surface area contributed by atoms with Gasteiger partial charge in [-0.05, 0) is 45.0 Å². The van der Waals surface area contributed by atoms with E-state index in [9.17, 15) is 14.4 Å². The molecule has 29 heavy (non-hydrogen) atoms. The Labute approximate surface area is 166 Å². The van der Waals surface area contributed by atoms with Gasteiger partial charge in [0.1, 0.15) is 17.2 Å². The maximum atomic E-state index is 11.3. The highest BCUT2D eigenvalue weighted by molar-refractivity contribution is 5.87. The fraction of sp³-hybridized carbons (Fsp3) is 0.235. The third kappa shape index (κ3) is 9.01. The average molecular weight is 406 g/mol. The Morgan fingerprint density at radius 2 is 1.41 bits per heavy atom. The van der Waals surface area contributed by atoms with Crippen molar-refractivity contribution >= 4 is 29.7 Å². The summed E-state index contributed by atoms with van der Waals surface area (Å²) in [5.74, 6) is 3.71. The molecule has 0 aliphatic rings. The molecule has 1 amide bonds. The molecule has 0 fully saturated rings. The number of ether oxygens (including phenoxy) is 1. The van der Waals surface area contributed by atoms with Gasteiger partial charge in [-0.2, -0.15) is 0 Å². The first kappa shape index (κ1) is 23.1. The summed E-state index contributed by atoms with van der Waals surface area (Å²) in [5.41, 5.74) is 6.70. The second-order valence-corrected chi connectivity index (χ2v) is 6.37. The van der Waals surface area contributed by atoms with Gasteiger partial charge in [-0.3, -0.25) is 5.43 Å². The van der Waals surface area contributed by atoms with Crippen LogP contribution in [-0.2, 0) is 4.74 Å². The lowest BCUT2D eigenvalue weighted by molar-refractivity contribution is 0.0539. The smallest absolute Gasteiger partial charge is 0.426 e. The number of carbonyl (C=O) groups excluding carboxylic acids is 1. The van der Waals surface area contributed by atoms with Gasteiger partial charge in [0.25, 0.3) is 0 Å². The Morgan fingerprint density at radius 3 is 1.76 bits per heavy atom. The van der Waals surface area contributed by atoms with Crippen molar-refractivity contribution in [3.8, 4) is 0 Å². The van der Waals surface area contributed by atoms with Crippen molar-refractivity contribution in [2.75, 3.05) is 10.9 Å². The fourth-order valence-electron chi connectivity index (χ4n) is 1.62. The fourth-order valence-corrected chi connectivity index (χ4v) is 1.62. The van der Waals surface area contributed by atoms with Crippen LogP contribution in [-0.4, -0.2) is 43.8 Å². The molecule has 0 saturated heterocycles. The molecule has 0 bridgehead atoms. The van der Waals surface area contributed by atoms with Gasteiger partial charge in [0.05, 0.1) is 11.1 Å². The molecule has 12 nitrogen and oxygen atoms in total. The Hall–Kier alpha value is -3.93. The summed E-state index contributed by atoms with van der Waals surface area (Å²) in [6.07, 6.45) is 1.77. The maximum Gasteiger partial charge on any atom is 0.426 e. The molecule has 12 heteroatoms. The molecule has 0 unspecified atom stereocenters. The van der Waals surface area contributed by atoms with Crippen LogP contribution in [0, 0.1) is 0 Å². The van der Waals surface area contributed by atoms with Crippen LogP contribution in [0.25, 0.3) is 0 Å². The van der Waals surface area contributed by atoms with Crippen molar-refractivity contribution < 1.29 is 29.3 Å². The monoisotopic (exact) mass is 406 g/mol. The quantitative estimate of drug-likeness (QED) is 0.313. The molecule has 2 aromatic rings. The second-order valence-electron chi connectivity index (χ2n) is 6.37. The van der Waals surface area contributed by atoms with Crippen LogP contribution in [0.2, 0.25) is 0 Å². The number of carboxylic acids is 2. The zero-order chi connectivity index (χ0) is 22.0. The number of aromatic carboxylic acids is 2. The highest BCUT2D eigenvalue weighted by Crippen LogP contribution is 2.07. The van der Waals surface area contributed by atoms with Gasteiger partial charge in [0, 0.05) is 12.4 Å². The van der Waals surface area contributed by atoms with E-state index >= 15 is 0 Å². The molecule has 0 saturated carbocycles. The van der Waals surface area contributed by atoms with Gasteiger partial charge in [-0.15, -0.1) is 0 Å². The number of nitrogens with two attached hydrogens (primary N) is 1. The SMILES string of the molecule is CC(C)(C)OC(=O)NNc1ccc(C(=O)O)cn1.NNc1ccc(C(=O)O)cn1. The van der Waals surface area contributed by atoms with E-state index in [2.05, 4.69) is 26.2 Å². The minimum Gasteiger partial charge on any atom is -0.478 e. The Bertz CT molecular complexity index is 833. The molecule has 0 aromatic carbocycles. The number of anilines is 2. The standard InChI is InChI=1S/C11H15N3O4.C6H7N3O2/c1-11(2,3)18-10(17)14-13-8-5-4-7(6-12-8)9(15)16;7-9-5-2-1-4(3-8-5)6(10)11/h4-6H,1-3H3,(H,12,13)(H,14,17)(H,15,16);1-3H,7H2,(H,8,9)(H,10,11). The summed E-state index contributed by atoms with van der Waals surface area (Å²) in [5, 5.41) is 17.1. The van der Waals surface area contributed by atoms with Crippen LogP contribution in [0.1, 0.15) is 41.5 Å². The van der Waals surface area contributed by atoms with Crippen molar-refractivity contribution in [1.29, 1.82) is 0 Å². The number of pyridine rings is 2. The van der Waals surface area contributed by atoms with Gasteiger partial charge in [-0.25, -0.2) is 35.6 Å². The molecule has 156 valence electrons. The summed E-state index contributed by atoms with van der Waals surface area (Å²) in [6, 6.07) is 5.71. The number of nitrogens with zero attached hydrogens (tertiary/aromatic N) is 2. The number of hydrogen-bond donors (Lipinski definition) is 6. The lowest BCUT2D eigenvalue weighted by atomic mass is 10.2. The molecule has 0 atom stereocenters. The minimum absolute atomic E-state index is 0.0674. The van der Waals surface area contributed by atoms with E-state index in [-0.39, 0.29) is 11.1 Å². The number of carboxylic acid groups (broad SMARTS) is 2. The minimum atomic E-state index is -1.06. The van der Waals surface area contributed by atoms with Crippen molar-refractivity contribution in [3.05, 3.63) is 47.8 Å². The molecule has 2 aromatic heterocycles. The van der Waals surface area contributed by atoms with Crippen molar-refractivity contribution in [2.45, 2.75) is 26.4 Å². The molecule has 2 heterocycles. The van der Waals surface area contributed by atoms with E-state index in [0.29, 0.717) is 11.6 Å². The number of hydrazine groups is 2. The normalized spacial score (nSPS) is 10.1. The largest absolute Gasteiger partial charge is 0.478 e. The maximum absolute atomic E-state index is 11.3. The Morgan fingerprint density at radius 1 is 0.931 bits per heavy atom. The number of hydrogen-bond acceptors (Lipinski definition) is 9. The van der Waals surface area contributed by atoms with E-state index in [1.165, 1.54) is 36.7 Å². The lowest BCUT2D eigenvalue weighted by Gasteiger charge is -2.19. The highest BCUT2D eigenvalue weighted by atomic mass is 16.6. The summed E-state index contributed by atoms with van der Waals surface area (Å²) in [4.78, 5) is 39.7. The molecule has 0 radical (unpaired) electrons. The zero-order valence-corrected chi connectivity index (χ0v) is 16.0. The summed E-state index contributed by atoms with van der Waals surface area (Å²) >= 11 is 0. The van der Waals surface area contributed by atoms with E-state index in [1.807, 2.05) is 0 Å². The van der Waals surface area contributed by atoms with E-state index in [0.717, 1.165) is 0 Å². The van der Waals surface area contributed by atoms with E-state index in [1.54, 1.807) is 20.8 Å². The molecular weight excluding hydrogens is 384 g/mol. The summed E-state index contributed by atoms with van der Waals surface area (Å²) in [6.45, 7) is 5.23. The van der Waals surface area contributed by atoms with Crippen molar-refractivity contribution in [3.63, 3.8) is 0 Å². The number of carbonyl (C=O) groups is 3. The second kappa shape index (κ2) is 10.4. The molecule has 2 rings (SSSR count). The van der Waals surface area contributed by atoms with Crippen LogP contribution in [0.15, 0.2) is 36.7 Å². The Balaban J connectivity index is 0.000000326. The van der Waals surface area contributed by atoms with Crippen LogP contribution in [0.4, 0.5) is 16.4 Å². The predicted octanol–water partition coefficient (Wildman–Crippen LogP) is 1.70.